The molecule has 0 aliphatic heterocycles. The highest BCUT2D eigenvalue weighted by Gasteiger charge is 2.15. The molecular weight excluding hydrogens is 187 g/mol. The van der Waals surface area contributed by atoms with Gasteiger partial charge in [-0.05, 0) is 6.07 Å². The molecule has 0 fully saturated rings. The predicted octanol–water partition coefficient (Wildman–Crippen LogP) is 0.570. The third kappa shape index (κ3) is 1.37. The van der Waals surface area contributed by atoms with E-state index in [0.29, 0.717) is 0 Å². The van der Waals surface area contributed by atoms with Crippen LogP contribution in [0.4, 0.5) is 4.39 Å². The fourth-order valence-electron chi connectivity index (χ4n) is 1.01. The Balaban J connectivity index is 2.42. The molecule has 0 amide bonds. The van der Waals surface area contributed by atoms with Gasteiger partial charge in [0.25, 0.3) is 0 Å². The molecule has 0 atom stereocenters. The van der Waals surface area contributed by atoms with Crippen LogP contribution in [-0.4, -0.2) is 26.2 Å². The Kier molecular flexibility index (Phi) is 2.02. The minimum absolute atomic E-state index is 0.0612. The third-order valence-electron chi connectivity index (χ3n) is 1.66. The zero-order chi connectivity index (χ0) is 9.97. The van der Waals surface area contributed by atoms with E-state index < -0.39 is 11.6 Å². The highest BCUT2D eigenvalue weighted by Crippen LogP contribution is 2.09. The van der Waals surface area contributed by atoms with Gasteiger partial charge in [-0.3, -0.25) is 9.78 Å². The second-order valence-corrected chi connectivity index (χ2v) is 2.54. The highest BCUT2D eigenvalue weighted by molar-refractivity contribution is 6.07. The Bertz CT molecular complexity index is 454. The number of ketones is 1. The van der Waals surface area contributed by atoms with Gasteiger partial charge in [0.2, 0.25) is 5.78 Å². The lowest BCUT2D eigenvalue weighted by molar-refractivity contribution is 0.103. The second-order valence-electron chi connectivity index (χ2n) is 2.54. The van der Waals surface area contributed by atoms with Crippen molar-refractivity contribution >= 4 is 5.78 Å². The Morgan fingerprint density at radius 3 is 2.93 bits per heavy atom. The predicted molar refractivity (Wildman–Crippen MR) is 44.0 cm³/mol. The minimum Gasteiger partial charge on any atom is -0.287 e. The van der Waals surface area contributed by atoms with Gasteiger partial charge in [-0.15, -0.1) is 0 Å². The number of aromatic amines is 1. The van der Waals surface area contributed by atoms with Crippen LogP contribution in [0, 0.1) is 5.82 Å². The number of H-pyrrole nitrogens is 1. The molecule has 0 saturated carbocycles. The minimum atomic E-state index is -0.666. The van der Waals surface area contributed by atoms with E-state index in [0.717, 1.165) is 6.20 Å². The molecule has 2 aromatic heterocycles. The molecule has 1 N–H and O–H groups in total. The van der Waals surface area contributed by atoms with Crippen LogP contribution in [0.25, 0.3) is 0 Å². The highest BCUT2D eigenvalue weighted by atomic mass is 19.1. The van der Waals surface area contributed by atoms with Gasteiger partial charge in [-0.25, -0.2) is 4.39 Å². The van der Waals surface area contributed by atoms with Gasteiger partial charge < -0.3 is 0 Å². The van der Waals surface area contributed by atoms with E-state index in [1.807, 2.05) is 0 Å². The summed E-state index contributed by atoms with van der Waals surface area (Å²) in [6.45, 7) is 0. The molecule has 0 saturated heterocycles. The maximum atomic E-state index is 13.1. The molecule has 0 unspecified atom stereocenters. The van der Waals surface area contributed by atoms with Gasteiger partial charge in [0.15, 0.2) is 11.5 Å². The largest absolute Gasteiger partial charge is 0.287 e. The first kappa shape index (κ1) is 8.49. The lowest BCUT2D eigenvalue weighted by Crippen LogP contribution is -2.05. The zero-order valence-electron chi connectivity index (χ0n) is 6.94. The van der Waals surface area contributed by atoms with E-state index in [9.17, 15) is 9.18 Å². The van der Waals surface area contributed by atoms with Gasteiger partial charge in [-0.2, -0.15) is 15.4 Å². The van der Waals surface area contributed by atoms with Crippen molar-refractivity contribution in [3.8, 4) is 0 Å². The molecule has 6 heteroatoms. The Labute approximate surface area is 78.0 Å². The van der Waals surface area contributed by atoms with Crippen LogP contribution in [0.5, 0.6) is 0 Å². The van der Waals surface area contributed by atoms with Gasteiger partial charge in [-0.1, -0.05) is 0 Å². The average molecular weight is 192 g/mol. The van der Waals surface area contributed by atoms with Crippen molar-refractivity contribution < 1.29 is 9.18 Å². The SMILES string of the molecule is O=C(c1cn[nH]n1)c1ccncc1F. The maximum absolute atomic E-state index is 13.1. The lowest BCUT2D eigenvalue weighted by atomic mass is 10.1. The Hall–Kier alpha value is -2.11. The van der Waals surface area contributed by atoms with Crippen LogP contribution in [0.2, 0.25) is 0 Å². The number of carbonyl (C=O) groups excluding carboxylic acids is 1. The van der Waals surface area contributed by atoms with Crippen LogP contribution in [-0.2, 0) is 0 Å². The van der Waals surface area contributed by atoms with E-state index in [4.69, 9.17) is 0 Å². The van der Waals surface area contributed by atoms with Gasteiger partial charge in [0, 0.05) is 6.20 Å². The van der Waals surface area contributed by atoms with Crippen molar-refractivity contribution in [3.05, 3.63) is 41.7 Å². The molecule has 0 aliphatic rings. The Morgan fingerprint density at radius 1 is 1.43 bits per heavy atom. The zero-order valence-corrected chi connectivity index (χ0v) is 6.94. The maximum Gasteiger partial charge on any atom is 0.217 e. The van der Waals surface area contributed by atoms with Gasteiger partial charge in [0.1, 0.15) is 0 Å². The van der Waals surface area contributed by atoms with E-state index in [1.54, 1.807) is 0 Å². The summed E-state index contributed by atoms with van der Waals surface area (Å²) in [6.07, 6.45) is 3.56. The molecule has 0 radical (unpaired) electrons. The number of pyridine rings is 1. The van der Waals surface area contributed by atoms with E-state index in [1.165, 1.54) is 18.5 Å². The molecule has 14 heavy (non-hydrogen) atoms. The number of aromatic nitrogens is 4. The number of nitrogens with one attached hydrogen (secondary N) is 1. The van der Waals surface area contributed by atoms with Crippen molar-refractivity contribution in [3.63, 3.8) is 0 Å². The van der Waals surface area contributed by atoms with Crippen molar-refractivity contribution in [2.24, 2.45) is 0 Å². The van der Waals surface area contributed by atoms with E-state index in [-0.39, 0.29) is 11.3 Å². The third-order valence-corrected chi connectivity index (χ3v) is 1.66. The number of nitrogens with zero attached hydrogens (tertiary/aromatic N) is 3. The average Bonchev–Trinajstić information content (AvgIpc) is 2.70. The Morgan fingerprint density at radius 2 is 2.29 bits per heavy atom. The molecule has 70 valence electrons. The summed E-state index contributed by atoms with van der Waals surface area (Å²) in [5.41, 5.74) is 0.0176. The van der Waals surface area contributed by atoms with E-state index >= 15 is 0 Å². The molecule has 0 aromatic carbocycles. The standard InChI is InChI=1S/C8H5FN4O/c9-6-3-10-2-1-5(6)8(14)7-4-11-13-12-7/h1-4H,(H,11,12,13). The lowest BCUT2D eigenvalue weighted by Gasteiger charge is -1.96. The molecule has 0 spiro atoms. The molecule has 0 aliphatic carbocycles. The van der Waals surface area contributed by atoms with Crippen molar-refractivity contribution in [1.82, 2.24) is 20.4 Å². The first-order valence-corrected chi connectivity index (χ1v) is 3.79. The summed E-state index contributed by atoms with van der Waals surface area (Å²) in [5.74, 6) is -1.18. The van der Waals surface area contributed by atoms with Gasteiger partial charge in [0.05, 0.1) is 18.0 Å². The fourth-order valence-corrected chi connectivity index (χ4v) is 1.01. The monoisotopic (exact) mass is 192 g/mol. The smallest absolute Gasteiger partial charge is 0.217 e. The van der Waals surface area contributed by atoms with Crippen LogP contribution >= 0.6 is 0 Å². The van der Waals surface area contributed by atoms with Crippen LogP contribution in [0.3, 0.4) is 0 Å². The van der Waals surface area contributed by atoms with E-state index in [2.05, 4.69) is 20.4 Å². The van der Waals surface area contributed by atoms with Crippen molar-refractivity contribution in [2.75, 3.05) is 0 Å². The summed E-state index contributed by atoms with van der Waals surface area (Å²) in [5, 5.41) is 9.31. The van der Waals surface area contributed by atoms with Crippen LogP contribution in [0.15, 0.2) is 24.7 Å². The first-order valence-electron chi connectivity index (χ1n) is 3.79. The normalized spacial score (nSPS) is 10.1. The summed E-state index contributed by atoms with van der Waals surface area (Å²) in [4.78, 5) is 15.1. The molecule has 2 heterocycles. The second kappa shape index (κ2) is 3.33. The molecule has 2 aromatic rings. The molecule has 0 bridgehead atoms. The first-order chi connectivity index (χ1) is 6.79. The summed E-state index contributed by atoms with van der Waals surface area (Å²) < 4.78 is 13.1. The molecule has 5 nitrogen and oxygen atoms in total. The van der Waals surface area contributed by atoms with Crippen molar-refractivity contribution in [1.29, 1.82) is 0 Å². The topological polar surface area (TPSA) is 71.5 Å². The summed E-state index contributed by atoms with van der Waals surface area (Å²) in [6, 6.07) is 1.30. The number of hydrogen-bond acceptors (Lipinski definition) is 4. The number of hydrogen-bond donors (Lipinski definition) is 1. The van der Waals surface area contributed by atoms with Crippen LogP contribution < -0.4 is 0 Å². The van der Waals surface area contributed by atoms with Gasteiger partial charge >= 0.3 is 0 Å². The summed E-state index contributed by atoms with van der Waals surface area (Å²) in [7, 11) is 0. The quantitative estimate of drug-likeness (QED) is 0.706. The van der Waals surface area contributed by atoms with Crippen LogP contribution in [0.1, 0.15) is 16.1 Å². The molecular formula is C8H5FN4O. The van der Waals surface area contributed by atoms with Crippen molar-refractivity contribution in [2.45, 2.75) is 0 Å². The number of halogens is 1. The fraction of sp³-hybridized carbons (Fsp3) is 0. The summed E-state index contributed by atoms with van der Waals surface area (Å²) >= 11 is 0. The number of carbonyl (C=O) groups is 1. The number of rotatable bonds is 2. The molecule has 2 rings (SSSR count).